The topological polar surface area (TPSA) is 35.2 Å². The molecule has 18 heavy (non-hydrogen) atoms. The van der Waals surface area contributed by atoms with Gasteiger partial charge in [0.15, 0.2) is 0 Å². The van der Waals surface area contributed by atoms with Crippen LogP contribution in [0, 0.1) is 11.7 Å². The quantitative estimate of drug-likeness (QED) is 0.804. The largest absolute Gasteiger partial charge is 0.372 e. The van der Waals surface area contributed by atoms with Crippen molar-refractivity contribution < 1.29 is 9.13 Å². The van der Waals surface area contributed by atoms with Crippen LogP contribution in [0.4, 0.5) is 4.39 Å². The number of rotatable bonds is 7. The Hall–Kier alpha value is -0.930. The highest BCUT2D eigenvalue weighted by molar-refractivity contribution is 5.19. The van der Waals surface area contributed by atoms with Gasteiger partial charge in [0.05, 0.1) is 12.7 Å². The molecule has 0 bridgehead atoms. The Labute approximate surface area is 109 Å². The summed E-state index contributed by atoms with van der Waals surface area (Å²) in [4.78, 5) is 0. The molecule has 0 amide bonds. The number of halogens is 1. The summed E-state index contributed by atoms with van der Waals surface area (Å²) in [6, 6.07) is 6.28. The van der Waals surface area contributed by atoms with Crippen molar-refractivity contribution in [3.8, 4) is 0 Å². The molecule has 1 rings (SSSR count). The molecule has 0 saturated carbocycles. The fourth-order valence-electron chi connectivity index (χ4n) is 2.05. The third kappa shape index (κ3) is 4.75. The number of benzene rings is 1. The smallest absolute Gasteiger partial charge is 0.123 e. The minimum absolute atomic E-state index is 0.107. The maximum absolute atomic E-state index is 12.9. The number of hydrogen-bond acceptors (Lipinski definition) is 2. The molecular formula is C15H24FNO. The summed E-state index contributed by atoms with van der Waals surface area (Å²) in [5, 5.41) is 0. The standard InChI is InChI=1S/C15H24FNO/c1-4-5-11(2)10-18-15(12(3)17)13-6-8-14(16)9-7-13/h6-9,11-12,15H,4-5,10,17H2,1-3H3. The molecule has 0 aliphatic heterocycles. The summed E-state index contributed by atoms with van der Waals surface area (Å²) in [7, 11) is 0. The highest BCUT2D eigenvalue weighted by Crippen LogP contribution is 2.22. The highest BCUT2D eigenvalue weighted by atomic mass is 19.1. The fraction of sp³-hybridized carbons (Fsp3) is 0.600. The van der Waals surface area contributed by atoms with E-state index in [0.29, 0.717) is 12.5 Å². The van der Waals surface area contributed by atoms with Gasteiger partial charge < -0.3 is 10.5 Å². The van der Waals surface area contributed by atoms with Gasteiger partial charge in [-0.1, -0.05) is 32.4 Å². The van der Waals surface area contributed by atoms with Crippen molar-refractivity contribution in [1.82, 2.24) is 0 Å². The zero-order chi connectivity index (χ0) is 13.5. The van der Waals surface area contributed by atoms with Crippen LogP contribution in [0.25, 0.3) is 0 Å². The molecule has 0 radical (unpaired) electrons. The summed E-state index contributed by atoms with van der Waals surface area (Å²) in [5.74, 6) is 0.290. The zero-order valence-electron chi connectivity index (χ0n) is 11.5. The van der Waals surface area contributed by atoms with Gasteiger partial charge in [-0.25, -0.2) is 4.39 Å². The zero-order valence-corrected chi connectivity index (χ0v) is 11.5. The van der Waals surface area contributed by atoms with Crippen LogP contribution >= 0.6 is 0 Å². The molecule has 0 saturated heterocycles. The van der Waals surface area contributed by atoms with E-state index in [4.69, 9.17) is 10.5 Å². The molecule has 3 atom stereocenters. The lowest BCUT2D eigenvalue weighted by molar-refractivity contribution is 0.0173. The Morgan fingerprint density at radius 2 is 1.83 bits per heavy atom. The lowest BCUT2D eigenvalue weighted by Gasteiger charge is -2.23. The Kier molecular flexibility index (Phi) is 6.30. The van der Waals surface area contributed by atoms with Crippen LogP contribution in [0.2, 0.25) is 0 Å². The van der Waals surface area contributed by atoms with Gasteiger partial charge in [0.25, 0.3) is 0 Å². The normalized spacial score (nSPS) is 16.3. The molecule has 0 aliphatic carbocycles. The van der Waals surface area contributed by atoms with Crippen LogP contribution < -0.4 is 5.73 Å². The van der Waals surface area contributed by atoms with E-state index in [9.17, 15) is 4.39 Å². The molecule has 0 heterocycles. The molecule has 3 unspecified atom stereocenters. The van der Waals surface area contributed by atoms with Gasteiger partial charge in [-0.15, -0.1) is 0 Å². The predicted octanol–water partition coefficient (Wildman–Crippen LogP) is 3.67. The minimum Gasteiger partial charge on any atom is -0.372 e. The monoisotopic (exact) mass is 253 g/mol. The van der Waals surface area contributed by atoms with E-state index in [-0.39, 0.29) is 18.0 Å². The molecule has 0 spiro atoms. The predicted molar refractivity (Wildman–Crippen MR) is 72.8 cm³/mol. The minimum atomic E-state index is -0.235. The third-order valence-corrected chi connectivity index (χ3v) is 3.02. The van der Waals surface area contributed by atoms with Crippen molar-refractivity contribution in [2.75, 3.05) is 6.61 Å². The van der Waals surface area contributed by atoms with E-state index in [0.717, 1.165) is 18.4 Å². The maximum Gasteiger partial charge on any atom is 0.123 e. The first-order valence-corrected chi connectivity index (χ1v) is 6.67. The molecule has 2 N–H and O–H groups in total. The average molecular weight is 253 g/mol. The van der Waals surface area contributed by atoms with Crippen LogP contribution in [-0.4, -0.2) is 12.6 Å². The SMILES string of the molecule is CCCC(C)COC(c1ccc(F)cc1)C(C)N. The van der Waals surface area contributed by atoms with Crippen LogP contribution in [0.5, 0.6) is 0 Å². The average Bonchev–Trinajstić information content (AvgIpc) is 2.31. The Morgan fingerprint density at radius 1 is 1.22 bits per heavy atom. The Morgan fingerprint density at radius 3 is 2.33 bits per heavy atom. The van der Waals surface area contributed by atoms with Crippen LogP contribution in [0.1, 0.15) is 45.3 Å². The van der Waals surface area contributed by atoms with Gasteiger partial charge >= 0.3 is 0 Å². The molecule has 0 aromatic heterocycles. The Balaban J connectivity index is 2.63. The first-order valence-electron chi connectivity index (χ1n) is 6.67. The van der Waals surface area contributed by atoms with E-state index in [2.05, 4.69) is 13.8 Å². The van der Waals surface area contributed by atoms with Crippen LogP contribution in [-0.2, 0) is 4.74 Å². The first kappa shape index (κ1) is 15.1. The van der Waals surface area contributed by atoms with Crippen LogP contribution in [0.3, 0.4) is 0 Å². The van der Waals surface area contributed by atoms with Gasteiger partial charge in [0, 0.05) is 6.04 Å². The van der Waals surface area contributed by atoms with Crippen molar-refractivity contribution in [3.05, 3.63) is 35.6 Å². The summed E-state index contributed by atoms with van der Waals surface area (Å²) < 4.78 is 18.8. The van der Waals surface area contributed by atoms with Crippen molar-refractivity contribution >= 4 is 0 Å². The summed E-state index contributed by atoms with van der Waals surface area (Å²) in [5.41, 5.74) is 6.89. The van der Waals surface area contributed by atoms with Crippen molar-refractivity contribution in [2.45, 2.75) is 45.8 Å². The van der Waals surface area contributed by atoms with Crippen molar-refractivity contribution in [2.24, 2.45) is 11.7 Å². The molecule has 3 heteroatoms. The summed E-state index contributed by atoms with van der Waals surface area (Å²) in [6.07, 6.45) is 2.14. The third-order valence-electron chi connectivity index (χ3n) is 3.02. The molecule has 1 aromatic rings. The number of ether oxygens (including phenoxy) is 1. The molecule has 0 aliphatic rings. The van der Waals surface area contributed by atoms with E-state index < -0.39 is 0 Å². The van der Waals surface area contributed by atoms with E-state index in [1.54, 1.807) is 12.1 Å². The van der Waals surface area contributed by atoms with Crippen molar-refractivity contribution in [1.29, 1.82) is 0 Å². The fourth-order valence-corrected chi connectivity index (χ4v) is 2.05. The molecule has 1 aromatic carbocycles. The van der Waals surface area contributed by atoms with E-state index in [1.165, 1.54) is 12.1 Å². The van der Waals surface area contributed by atoms with Gasteiger partial charge in [-0.3, -0.25) is 0 Å². The number of nitrogens with two attached hydrogens (primary N) is 1. The molecule has 2 nitrogen and oxygen atoms in total. The van der Waals surface area contributed by atoms with Crippen LogP contribution in [0.15, 0.2) is 24.3 Å². The lowest BCUT2D eigenvalue weighted by Crippen LogP contribution is -2.28. The molecule has 0 fully saturated rings. The lowest BCUT2D eigenvalue weighted by atomic mass is 10.0. The second-order valence-electron chi connectivity index (χ2n) is 5.06. The number of hydrogen-bond donors (Lipinski definition) is 1. The summed E-state index contributed by atoms with van der Waals surface area (Å²) >= 11 is 0. The maximum atomic E-state index is 12.9. The van der Waals surface area contributed by atoms with Gasteiger partial charge in [0.2, 0.25) is 0 Å². The second kappa shape index (κ2) is 7.49. The summed E-state index contributed by atoms with van der Waals surface area (Å²) in [6.45, 7) is 6.95. The molecule has 102 valence electrons. The first-order chi connectivity index (χ1) is 8.54. The van der Waals surface area contributed by atoms with Crippen molar-refractivity contribution in [3.63, 3.8) is 0 Å². The van der Waals surface area contributed by atoms with Gasteiger partial charge in [-0.05, 0) is 37.0 Å². The van der Waals surface area contributed by atoms with E-state index in [1.807, 2.05) is 6.92 Å². The van der Waals surface area contributed by atoms with Gasteiger partial charge in [0.1, 0.15) is 5.82 Å². The second-order valence-corrected chi connectivity index (χ2v) is 5.06. The molecular weight excluding hydrogens is 229 g/mol. The Bertz CT molecular complexity index is 337. The highest BCUT2D eigenvalue weighted by Gasteiger charge is 2.17. The van der Waals surface area contributed by atoms with Gasteiger partial charge in [-0.2, -0.15) is 0 Å². The van der Waals surface area contributed by atoms with E-state index >= 15 is 0 Å².